The minimum atomic E-state index is -4.59. The molecule has 1 aliphatic carbocycles. The highest BCUT2D eigenvalue weighted by molar-refractivity contribution is 7.90. The fourth-order valence-electron chi connectivity index (χ4n) is 2.64. The summed E-state index contributed by atoms with van der Waals surface area (Å²) in [7, 11) is -2.46. The Morgan fingerprint density at radius 3 is 2.33 bits per heavy atom. The molecule has 0 aromatic heterocycles. The molecule has 5 nitrogen and oxygen atoms in total. The SMILES string of the molecule is COCC1(S(=O)(=O)N2CC(C(F)(F)F)OC(C)(C)C2)CC1. The molecule has 0 N–H and O–H groups in total. The number of rotatable bonds is 4. The van der Waals surface area contributed by atoms with Crippen molar-refractivity contribution >= 4 is 10.0 Å². The molecule has 9 heteroatoms. The Bertz CT molecular complexity index is 499. The van der Waals surface area contributed by atoms with Gasteiger partial charge in [-0.15, -0.1) is 0 Å². The Morgan fingerprint density at radius 2 is 1.90 bits per heavy atom. The summed E-state index contributed by atoms with van der Waals surface area (Å²) in [5.41, 5.74) is -1.19. The number of nitrogens with zero attached hydrogens (tertiary/aromatic N) is 1. The molecule has 1 aliphatic heterocycles. The van der Waals surface area contributed by atoms with Crippen molar-refractivity contribution in [2.24, 2.45) is 0 Å². The van der Waals surface area contributed by atoms with E-state index in [9.17, 15) is 21.6 Å². The Balaban J connectivity index is 2.26. The second-order valence-electron chi connectivity index (χ2n) is 6.32. The monoisotopic (exact) mass is 331 g/mol. The molecular formula is C12H20F3NO4S. The van der Waals surface area contributed by atoms with Gasteiger partial charge in [-0.05, 0) is 26.7 Å². The average Bonchev–Trinajstić information content (AvgIpc) is 3.07. The molecule has 0 amide bonds. The predicted octanol–water partition coefficient (Wildman–Crippen LogP) is 1.54. The maximum absolute atomic E-state index is 12.9. The molecule has 2 rings (SSSR count). The zero-order valence-electron chi connectivity index (χ0n) is 12.2. The van der Waals surface area contributed by atoms with Crippen LogP contribution in [0.25, 0.3) is 0 Å². The smallest absolute Gasteiger partial charge is 0.383 e. The molecule has 2 aliphatic rings. The number of methoxy groups -OCH3 is 1. The molecule has 1 heterocycles. The van der Waals surface area contributed by atoms with Gasteiger partial charge < -0.3 is 9.47 Å². The number of alkyl halides is 3. The van der Waals surface area contributed by atoms with Crippen molar-refractivity contribution in [3.05, 3.63) is 0 Å². The van der Waals surface area contributed by atoms with Crippen molar-refractivity contribution in [2.75, 3.05) is 26.8 Å². The molecule has 0 spiro atoms. The van der Waals surface area contributed by atoms with E-state index in [0.717, 1.165) is 4.31 Å². The number of hydrogen-bond donors (Lipinski definition) is 0. The van der Waals surface area contributed by atoms with Gasteiger partial charge in [0.05, 0.1) is 12.2 Å². The van der Waals surface area contributed by atoms with Crippen LogP contribution in [-0.4, -0.2) is 62.2 Å². The van der Waals surface area contributed by atoms with E-state index in [4.69, 9.17) is 9.47 Å². The van der Waals surface area contributed by atoms with Crippen molar-refractivity contribution in [2.45, 2.75) is 49.3 Å². The summed E-state index contributed by atoms with van der Waals surface area (Å²) in [4.78, 5) is 0. The van der Waals surface area contributed by atoms with Crippen LogP contribution in [0.4, 0.5) is 13.2 Å². The van der Waals surface area contributed by atoms with Gasteiger partial charge >= 0.3 is 6.18 Å². The first-order chi connectivity index (χ1) is 9.44. The van der Waals surface area contributed by atoms with Crippen LogP contribution in [0.1, 0.15) is 26.7 Å². The number of halogens is 3. The zero-order valence-corrected chi connectivity index (χ0v) is 13.1. The topological polar surface area (TPSA) is 55.8 Å². The Hall–Kier alpha value is -0.380. The first-order valence-corrected chi connectivity index (χ1v) is 8.11. The summed E-state index contributed by atoms with van der Waals surface area (Å²) in [6.07, 6.45) is -5.87. The van der Waals surface area contributed by atoms with Crippen LogP contribution in [0.5, 0.6) is 0 Å². The Kier molecular flexibility index (Phi) is 4.10. The van der Waals surface area contributed by atoms with Gasteiger partial charge in [-0.1, -0.05) is 0 Å². The van der Waals surface area contributed by atoms with Crippen LogP contribution in [0.2, 0.25) is 0 Å². The first-order valence-electron chi connectivity index (χ1n) is 6.67. The number of hydrogen-bond acceptors (Lipinski definition) is 4. The molecule has 1 saturated heterocycles. The van der Waals surface area contributed by atoms with E-state index in [1.165, 1.54) is 21.0 Å². The lowest BCUT2D eigenvalue weighted by atomic mass is 10.1. The molecule has 1 atom stereocenters. The van der Waals surface area contributed by atoms with Crippen LogP contribution in [-0.2, 0) is 19.5 Å². The summed E-state index contributed by atoms with van der Waals surface area (Å²) >= 11 is 0. The highest BCUT2D eigenvalue weighted by atomic mass is 32.2. The fourth-order valence-corrected chi connectivity index (χ4v) is 4.89. The minimum absolute atomic E-state index is 0.00377. The van der Waals surface area contributed by atoms with E-state index in [2.05, 4.69) is 0 Å². The lowest BCUT2D eigenvalue weighted by Crippen LogP contribution is -2.60. The van der Waals surface area contributed by atoms with Gasteiger partial charge in [-0.25, -0.2) is 8.42 Å². The second-order valence-corrected chi connectivity index (χ2v) is 8.65. The van der Waals surface area contributed by atoms with Gasteiger partial charge in [0.25, 0.3) is 0 Å². The number of ether oxygens (including phenoxy) is 2. The van der Waals surface area contributed by atoms with Crippen LogP contribution < -0.4 is 0 Å². The Labute approximate surface area is 122 Å². The van der Waals surface area contributed by atoms with Crippen LogP contribution in [0.3, 0.4) is 0 Å². The van der Waals surface area contributed by atoms with Crippen molar-refractivity contribution in [1.82, 2.24) is 4.31 Å². The lowest BCUT2D eigenvalue weighted by molar-refractivity contribution is -0.265. The highest BCUT2D eigenvalue weighted by Crippen LogP contribution is 2.47. The quantitative estimate of drug-likeness (QED) is 0.784. The average molecular weight is 331 g/mol. The van der Waals surface area contributed by atoms with Crippen molar-refractivity contribution < 1.29 is 31.1 Å². The van der Waals surface area contributed by atoms with E-state index in [0.29, 0.717) is 12.8 Å². The van der Waals surface area contributed by atoms with E-state index in [-0.39, 0.29) is 13.2 Å². The summed E-state index contributed by atoms with van der Waals surface area (Å²) < 4.78 is 73.9. The van der Waals surface area contributed by atoms with E-state index >= 15 is 0 Å². The highest BCUT2D eigenvalue weighted by Gasteiger charge is 2.60. The molecule has 124 valence electrons. The largest absolute Gasteiger partial charge is 0.415 e. The van der Waals surface area contributed by atoms with E-state index in [1.807, 2.05) is 0 Å². The van der Waals surface area contributed by atoms with E-state index in [1.54, 1.807) is 0 Å². The Morgan fingerprint density at radius 1 is 1.33 bits per heavy atom. The molecule has 0 aromatic rings. The molecule has 21 heavy (non-hydrogen) atoms. The van der Waals surface area contributed by atoms with Gasteiger partial charge in [0, 0.05) is 20.2 Å². The minimum Gasteiger partial charge on any atom is -0.383 e. The second kappa shape index (κ2) is 5.07. The van der Waals surface area contributed by atoms with Gasteiger partial charge in [-0.2, -0.15) is 17.5 Å². The zero-order chi connectivity index (χ0) is 16.1. The molecule has 1 unspecified atom stereocenters. The van der Waals surface area contributed by atoms with Crippen molar-refractivity contribution in [3.8, 4) is 0 Å². The van der Waals surface area contributed by atoms with Crippen LogP contribution in [0, 0.1) is 0 Å². The summed E-state index contributed by atoms with van der Waals surface area (Å²) in [6, 6.07) is 0. The molecule has 0 radical (unpaired) electrons. The van der Waals surface area contributed by atoms with Crippen LogP contribution >= 0.6 is 0 Å². The van der Waals surface area contributed by atoms with Gasteiger partial charge in [0.1, 0.15) is 4.75 Å². The standard InChI is InChI=1S/C12H20F3NO4S/c1-10(2)7-16(6-9(20-10)12(13,14)15)21(17,18)11(4-5-11)8-19-3/h9H,4-8H2,1-3H3. The lowest BCUT2D eigenvalue weighted by Gasteiger charge is -2.43. The molecule has 1 saturated carbocycles. The third kappa shape index (κ3) is 3.20. The van der Waals surface area contributed by atoms with Gasteiger partial charge in [-0.3, -0.25) is 0 Å². The van der Waals surface area contributed by atoms with Gasteiger partial charge in [0.15, 0.2) is 6.10 Å². The fraction of sp³-hybridized carbons (Fsp3) is 1.00. The molecular weight excluding hydrogens is 311 g/mol. The maximum Gasteiger partial charge on any atom is 0.415 e. The third-order valence-corrected chi connectivity index (χ3v) is 6.43. The van der Waals surface area contributed by atoms with Crippen LogP contribution in [0.15, 0.2) is 0 Å². The van der Waals surface area contributed by atoms with Gasteiger partial charge in [0.2, 0.25) is 10.0 Å². The number of sulfonamides is 1. The third-order valence-electron chi connectivity index (χ3n) is 3.86. The van der Waals surface area contributed by atoms with Crippen molar-refractivity contribution in [1.29, 1.82) is 0 Å². The van der Waals surface area contributed by atoms with Crippen molar-refractivity contribution in [3.63, 3.8) is 0 Å². The molecule has 0 bridgehead atoms. The molecule has 2 fully saturated rings. The molecule has 0 aromatic carbocycles. The number of morpholine rings is 1. The maximum atomic E-state index is 12.9. The summed E-state index contributed by atoms with van der Waals surface area (Å²) in [5, 5.41) is 0. The van der Waals surface area contributed by atoms with E-state index < -0.39 is 39.2 Å². The summed E-state index contributed by atoms with van der Waals surface area (Å²) in [6.45, 7) is 2.14. The summed E-state index contributed by atoms with van der Waals surface area (Å²) in [5.74, 6) is 0. The normalized spacial score (nSPS) is 29.3. The first kappa shape index (κ1) is 17.0. The predicted molar refractivity (Wildman–Crippen MR) is 69.3 cm³/mol.